The summed E-state index contributed by atoms with van der Waals surface area (Å²) in [7, 11) is 1.89. The molecule has 0 spiro atoms. The summed E-state index contributed by atoms with van der Waals surface area (Å²) in [6.07, 6.45) is -3.88. The Morgan fingerprint density at radius 1 is 1.03 bits per heavy atom. The largest absolute Gasteiger partial charge is 0.490 e. The lowest BCUT2D eigenvalue weighted by Gasteiger charge is -2.39. The zero-order valence-electron chi connectivity index (χ0n) is 20.2. The highest BCUT2D eigenvalue weighted by Gasteiger charge is 2.44. The van der Waals surface area contributed by atoms with Gasteiger partial charge in [-0.1, -0.05) is 6.07 Å². The van der Waals surface area contributed by atoms with Gasteiger partial charge in [0.25, 0.3) is 0 Å². The van der Waals surface area contributed by atoms with E-state index in [1.165, 1.54) is 0 Å². The van der Waals surface area contributed by atoms with Crippen molar-refractivity contribution in [1.82, 2.24) is 19.7 Å². The Morgan fingerprint density at radius 2 is 1.61 bits per heavy atom. The Labute approximate surface area is 212 Å². The number of nitrogens with zero attached hydrogens (tertiary/aromatic N) is 5. The first kappa shape index (κ1) is 30.5. The molecule has 4 heterocycles. The first-order valence-electron chi connectivity index (χ1n) is 11.1. The van der Waals surface area contributed by atoms with Gasteiger partial charge in [-0.05, 0) is 31.9 Å². The second-order valence-corrected chi connectivity index (χ2v) is 8.44. The van der Waals surface area contributed by atoms with E-state index in [1.54, 1.807) is 10.9 Å². The molecule has 2 saturated heterocycles. The molecule has 2 N–H and O–H groups in total. The highest BCUT2D eigenvalue weighted by Crippen LogP contribution is 2.35. The molecule has 16 heteroatoms. The van der Waals surface area contributed by atoms with E-state index in [9.17, 15) is 31.1 Å². The highest BCUT2D eigenvalue weighted by molar-refractivity contribution is 5.94. The van der Waals surface area contributed by atoms with Crippen LogP contribution in [0.3, 0.4) is 0 Å². The summed E-state index contributed by atoms with van der Waals surface area (Å²) < 4.78 is 65.2. The van der Waals surface area contributed by atoms with Crippen molar-refractivity contribution in [3.8, 4) is 0 Å². The third kappa shape index (κ3) is 8.43. The van der Waals surface area contributed by atoms with E-state index >= 15 is 0 Å². The molecule has 0 saturated carbocycles. The van der Waals surface area contributed by atoms with Crippen LogP contribution in [0.4, 0.5) is 32.0 Å². The lowest BCUT2D eigenvalue weighted by molar-refractivity contribution is -0.193. The number of pyridine rings is 1. The van der Waals surface area contributed by atoms with E-state index in [4.69, 9.17) is 19.8 Å². The number of likely N-dealkylation sites (tertiary alicyclic amines) is 1. The Kier molecular flexibility index (Phi) is 9.83. The van der Waals surface area contributed by atoms with E-state index in [0.717, 1.165) is 43.0 Å². The molecule has 1 amide bonds. The quantitative estimate of drug-likeness (QED) is 0.555. The van der Waals surface area contributed by atoms with Gasteiger partial charge in [0.1, 0.15) is 0 Å². The van der Waals surface area contributed by atoms with Crippen molar-refractivity contribution in [3.63, 3.8) is 0 Å². The fourth-order valence-corrected chi connectivity index (χ4v) is 4.11. The van der Waals surface area contributed by atoms with Gasteiger partial charge >= 0.3 is 24.3 Å². The molecular weight excluding hydrogens is 528 g/mol. The average molecular weight is 553 g/mol. The van der Waals surface area contributed by atoms with Crippen molar-refractivity contribution in [3.05, 3.63) is 42.0 Å². The number of fused-ring (bicyclic) bond motifs is 1. The Morgan fingerprint density at radius 3 is 2.08 bits per heavy atom. The number of hydrogen-bond acceptors (Lipinski definition) is 6. The van der Waals surface area contributed by atoms with Gasteiger partial charge in [-0.25, -0.2) is 9.59 Å². The van der Waals surface area contributed by atoms with Gasteiger partial charge in [-0.2, -0.15) is 31.4 Å². The molecule has 0 unspecified atom stereocenters. The Balaban J connectivity index is 0.000000301. The van der Waals surface area contributed by atoms with Gasteiger partial charge in [0, 0.05) is 44.5 Å². The van der Waals surface area contributed by atoms with Gasteiger partial charge in [0.15, 0.2) is 0 Å². The third-order valence-corrected chi connectivity index (χ3v) is 5.65. The maximum absolute atomic E-state index is 12.5. The molecule has 4 rings (SSSR count). The summed E-state index contributed by atoms with van der Waals surface area (Å²) in [6, 6.07) is 6.84. The molecule has 0 bridgehead atoms. The SMILES string of the molecule is Cc1cccc(CN2CC[C@H]3[C@@H]2CCC(=O)N3c2cnn(C)c2)n1.O=C(O)C(F)(F)F.O=C(O)C(F)(F)F. The van der Waals surface area contributed by atoms with Crippen molar-refractivity contribution in [2.24, 2.45) is 7.05 Å². The molecule has 2 aromatic rings. The molecule has 2 aliphatic rings. The van der Waals surface area contributed by atoms with E-state index in [0.29, 0.717) is 12.5 Å². The van der Waals surface area contributed by atoms with Crippen molar-refractivity contribution in [2.75, 3.05) is 11.4 Å². The number of carboxylic acids is 2. The van der Waals surface area contributed by atoms with E-state index in [-0.39, 0.29) is 11.9 Å². The van der Waals surface area contributed by atoms with Gasteiger partial charge in [-0.3, -0.25) is 19.4 Å². The van der Waals surface area contributed by atoms with Crippen LogP contribution in [0.25, 0.3) is 0 Å². The number of carbonyl (C=O) groups excluding carboxylic acids is 1. The number of anilines is 1. The van der Waals surface area contributed by atoms with Gasteiger partial charge < -0.3 is 15.1 Å². The molecule has 0 radical (unpaired) electrons. The highest BCUT2D eigenvalue weighted by atomic mass is 19.4. The van der Waals surface area contributed by atoms with E-state index in [1.807, 2.05) is 31.1 Å². The van der Waals surface area contributed by atoms with Gasteiger partial charge in [0.05, 0.1) is 23.6 Å². The summed E-state index contributed by atoms with van der Waals surface area (Å²) in [4.78, 5) is 39.4. The number of hydrogen-bond donors (Lipinski definition) is 2. The second kappa shape index (κ2) is 12.2. The molecule has 2 fully saturated rings. The standard InChI is InChI=1S/C18H23N5O.2C2HF3O2/c1-13-4-3-5-14(20-13)11-22-9-8-17-16(22)6-7-18(24)23(17)15-10-19-21(2)12-15;2*3-2(4,5)1(6)7/h3-5,10,12,16-17H,6-9,11H2,1-2H3;2*(H,6,7)/t16-,17-;;/m0../s1. The predicted molar refractivity (Wildman–Crippen MR) is 119 cm³/mol. The number of carboxylic acid groups (broad SMARTS) is 2. The number of carbonyl (C=O) groups is 3. The van der Waals surface area contributed by atoms with Crippen molar-refractivity contribution < 1.29 is 50.9 Å². The fourth-order valence-electron chi connectivity index (χ4n) is 4.11. The summed E-state index contributed by atoms with van der Waals surface area (Å²) >= 11 is 0. The van der Waals surface area contributed by atoms with Crippen LogP contribution in [-0.2, 0) is 28.0 Å². The number of aromatic nitrogens is 3. The molecule has 210 valence electrons. The van der Waals surface area contributed by atoms with Crippen molar-refractivity contribution in [2.45, 2.75) is 57.2 Å². The zero-order valence-corrected chi connectivity index (χ0v) is 20.2. The zero-order chi connectivity index (χ0) is 28.8. The molecule has 2 atom stereocenters. The second-order valence-electron chi connectivity index (χ2n) is 8.44. The van der Waals surface area contributed by atoms with Crippen LogP contribution in [0.2, 0.25) is 0 Å². The van der Waals surface area contributed by atoms with Crippen LogP contribution in [0.15, 0.2) is 30.6 Å². The van der Waals surface area contributed by atoms with E-state index < -0.39 is 24.3 Å². The topological polar surface area (TPSA) is 129 Å². The molecule has 0 aromatic carbocycles. The van der Waals surface area contributed by atoms with Crippen LogP contribution in [0.1, 0.15) is 30.7 Å². The lowest BCUT2D eigenvalue weighted by atomic mass is 9.96. The van der Waals surface area contributed by atoms with Gasteiger partial charge in [-0.15, -0.1) is 0 Å². The van der Waals surface area contributed by atoms with Crippen LogP contribution >= 0.6 is 0 Å². The first-order chi connectivity index (χ1) is 17.5. The summed E-state index contributed by atoms with van der Waals surface area (Å²) in [6.45, 7) is 3.90. The first-order valence-corrected chi connectivity index (χ1v) is 11.1. The molecule has 2 aromatic heterocycles. The van der Waals surface area contributed by atoms with Crippen LogP contribution in [-0.4, -0.2) is 78.7 Å². The number of halogens is 6. The molecule has 38 heavy (non-hydrogen) atoms. The Bertz CT molecular complexity index is 1110. The number of piperidine rings is 1. The maximum Gasteiger partial charge on any atom is 0.490 e. The van der Waals surface area contributed by atoms with Crippen molar-refractivity contribution in [1.29, 1.82) is 0 Å². The molecule has 10 nitrogen and oxygen atoms in total. The number of rotatable bonds is 3. The van der Waals surface area contributed by atoms with Crippen LogP contribution < -0.4 is 4.90 Å². The smallest absolute Gasteiger partial charge is 0.475 e. The maximum atomic E-state index is 12.5. The minimum absolute atomic E-state index is 0.222. The van der Waals surface area contributed by atoms with Crippen molar-refractivity contribution >= 4 is 23.5 Å². The van der Waals surface area contributed by atoms with Crippen LogP contribution in [0.5, 0.6) is 0 Å². The summed E-state index contributed by atoms with van der Waals surface area (Å²) in [5.74, 6) is -5.29. The predicted octanol–water partition coefficient (Wildman–Crippen LogP) is 3.16. The third-order valence-electron chi connectivity index (χ3n) is 5.65. The molecule has 2 aliphatic heterocycles. The molecular formula is C22H25F6N5O5. The monoisotopic (exact) mass is 553 g/mol. The Hall–Kier alpha value is -3.69. The van der Waals surface area contributed by atoms with E-state index in [2.05, 4.69) is 27.1 Å². The summed E-state index contributed by atoms with van der Waals surface area (Å²) in [5, 5.41) is 18.5. The minimum atomic E-state index is -5.08. The average Bonchev–Trinajstić information content (AvgIpc) is 3.39. The minimum Gasteiger partial charge on any atom is -0.475 e. The fraction of sp³-hybridized carbons (Fsp3) is 0.500. The van der Waals surface area contributed by atoms with Crippen LogP contribution in [0, 0.1) is 6.92 Å². The normalized spacial score (nSPS) is 19.6. The number of aryl methyl sites for hydroxylation is 2. The summed E-state index contributed by atoms with van der Waals surface area (Å²) in [5.41, 5.74) is 3.09. The number of aliphatic carboxylic acids is 2. The van der Waals surface area contributed by atoms with Gasteiger partial charge in [0.2, 0.25) is 5.91 Å². The lowest BCUT2D eigenvalue weighted by Crippen LogP contribution is -2.52. The number of alkyl halides is 6. The molecule has 0 aliphatic carbocycles. The number of amides is 1.